The molecular weight excluding hydrogens is 432 g/mol. The maximum atomic E-state index is 12.9. The molecule has 8 heteroatoms. The molecule has 1 fully saturated rings. The fourth-order valence-electron chi connectivity index (χ4n) is 3.84. The zero-order chi connectivity index (χ0) is 21.8. The zero-order valence-electron chi connectivity index (χ0n) is 17.2. The number of rotatable bonds is 5. The molecule has 1 amide bonds. The molecule has 1 aliphatic heterocycles. The summed E-state index contributed by atoms with van der Waals surface area (Å²) in [5.74, 6) is 1.49. The fourth-order valence-corrected chi connectivity index (χ4v) is 4.61. The van der Waals surface area contributed by atoms with Crippen LogP contribution in [0, 0.1) is 0 Å². The van der Waals surface area contributed by atoms with Gasteiger partial charge in [-0.05, 0) is 48.9 Å². The van der Waals surface area contributed by atoms with Crippen molar-refractivity contribution in [1.82, 2.24) is 19.9 Å². The number of pyridine rings is 1. The van der Waals surface area contributed by atoms with Gasteiger partial charge in [-0.25, -0.2) is 4.98 Å². The second-order valence-electron chi connectivity index (χ2n) is 7.55. The third-order valence-electron chi connectivity index (χ3n) is 5.52. The number of nitrogens with one attached hydrogen (secondary N) is 1. The standard InChI is InChI=1S/C23H23ClN4O2S/c1-31-14-15-2-4-18(5-3-15)23(30)28-12-8-16(9-13-28)20-19(24)22(29)27-21(26-20)17-6-10-25-11-7-17/h2-7,10-11,16H,8-9,12-14H2,1H3,(H,26,27,29). The number of benzene rings is 1. The van der Waals surface area contributed by atoms with Crippen molar-refractivity contribution in [3.05, 3.63) is 81.0 Å². The van der Waals surface area contributed by atoms with E-state index in [1.807, 2.05) is 29.2 Å². The zero-order valence-corrected chi connectivity index (χ0v) is 18.7. The van der Waals surface area contributed by atoms with Crippen molar-refractivity contribution < 1.29 is 4.79 Å². The minimum Gasteiger partial charge on any atom is -0.339 e. The van der Waals surface area contributed by atoms with Crippen LogP contribution in [0.1, 0.15) is 40.4 Å². The Labute approximate surface area is 190 Å². The highest BCUT2D eigenvalue weighted by Crippen LogP contribution is 2.31. The molecule has 0 radical (unpaired) electrons. The van der Waals surface area contributed by atoms with Gasteiger partial charge < -0.3 is 9.88 Å². The van der Waals surface area contributed by atoms with E-state index in [9.17, 15) is 9.59 Å². The first-order valence-corrected chi connectivity index (χ1v) is 11.9. The molecule has 3 aromatic rings. The summed E-state index contributed by atoms with van der Waals surface area (Å²) in [5.41, 5.74) is 2.95. The minimum absolute atomic E-state index is 0.0309. The minimum atomic E-state index is -0.345. The van der Waals surface area contributed by atoms with Gasteiger partial charge in [-0.15, -0.1) is 0 Å². The van der Waals surface area contributed by atoms with Crippen LogP contribution in [0.5, 0.6) is 0 Å². The first-order chi connectivity index (χ1) is 15.1. The number of halogens is 1. The van der Waals surface area contributed by atoms with Crippen LogP contribution in [0.25, 0.3) is 11.4 Å². The van der Waals surface area contributed by atoms with Crippen LogP contribution in [0.15, 0.2) is 53.6 Å². The van der Waals surface area contributed by atoms with Gasteiger partial charge in [-0.3, -0.25) is 14.6 Å². The van der Waals surface area contributed by atoms with Gasteiger partial charge in [0.15, 0.2) is 0 Å². The molecule has 31 heavy (non-hydrogen) atoms. The highest BCUT2D eigenvalue weighted by molar-refractivity contribution is 7.97. The molecule has 3 heterocycles. The summed E-state index contributed by atoms with van der Waals surface area (Å²) in [4.78, 5) is 38.6. The number of piperidine rings is 1. The summed E-state index contributed by atoms with van der Waals surface area (Å²) in [6.45, 7) is 1.21. The van der Waals surface area contributed by atoms with Crippen molar-refractivity contribution in [3.63, 3.8) is 0 Å². The Hall–Kier alpha value is -2.64. The van der Waals surface area contributed by atoms with Gasteiger partial charge in [0.1, 0.15) is 10.8 Å². The SMILES string of the molecule is CSCc1ccc(C(=O)N2CCC(c3nc(-c4ccncc4)[nH]c(=O)c3Cl)CC2)cc1. The monoisotopic (exact) mass is 454 g/mol. The number of carbonyl (C=O) groups excluding carboxylic acids is 1. The predicted octanol–water partition coefficient (Wildman–Crippen LogP) is 4.37. The molecule has 1 N–H and O–H groups in total. The molecule has 1 saturated heterocycles. The normalized spacial score (nSPS) is 14.6. The number of likely N-dealkylation sites (tertiary alicyclic amines) is 1. The predicted molar refractivity (Wildman–Crippen MR) is 125 cm³/mol. The summed E-state index contributed by atoms with van der Waals surface area (Å²) < 4.78 is 0. The number of aromatic amines is 1. The van der Waals surface area contributed by atoms with Crippen molar-refractivity contribution >= 4 is 29.3 Å². The van der Waals surface area contributed by atoms with Crippen molar-refractivity contribution in [3.8, 4) is 11.4 Å². The van der Waals surface area contributed by atoms with Gasteiger partial charge in [-0.1, -0.05) is 23.7 Å². The molecule has 1 aromatic carbocycles. The van der Waals surface area contributed by atoms with Crippen LogP contribution in [0.4, 0.5) is 0 Å². The lowest BCUT2D eigenvalue weighted by Crippen LogP contribution is -2.38. The number of thioether (sulfide) groups is 1. The number of H-pyrrole nitrogens is 1. The van der Waals surface area contributed by atoms with E-state index in [4.69, 9.17) is 11.6 Å². The Balaban J connectivity index is 1.48. The van der Waals surface area contributed by atoms with E-state index >= 15 is 0 Å². The lowest BCUT2D eigenvalue weighted by atomic mass is 9.92. The molecule has 0 bridgehead atoms. The Morgan fingerprint density at radius 1 is 1.16 bits per heavy atom. The summed E-state index contributed by atoms with van der Waals surface area (Å²) >= 11 is 8.08. The Morgan fingerprint density at radius 2 is 1.84 bits per heavy atom. The Morgan fingerprint density at radius 3 is 2.48 bits per heavy atom. The Bertz CT molecular complexity index is 1110. The van der Waals surface area contributed by atoms with E-state index in [1.54, 1.807) is 36.3 Å². The van der Waals surface area contributed by atoms with Gasteiger partial charge in [0.2, 0.25) is 0 Å². The lowest BCUT2D eigenvalue weighted by Gasteiger charge is -2.32. The Kier molecular flexibility index (Phi) is 6.73. The second kappa shape index (κ2) is 9.66. The van der Waals surface area contributed by atoms with E-state index in [0.29, 0.717) is 43.0 Å². The molecule has 0 saturated carbocycles. The molecule has 0 atom stereocenters. The summed E-state index contributed by atoms with van der Waals surface area (Å²) in [6.07, 6.45) is 6.79. The van der Waals surface area contributed by atoms with Gasteiger partial charge in [0.25, 0.3) is 11.5 Å². The van der Waals surface area contributed by atoms with Gasteiger partial charge in [0, 0.05) is 48.3 Å². The highest BCUT2D eigenvalue weighted by atomic mass is 35.5. The lowest BCUT2D eigenvalue weighted by molar-refractivity contribution is 0.0712. The third-order valence-corrected chi connectivity index (χ3v) is 6.51. The molecule has 2 aromatic heterocycles. The number of hydrogen-bond acceptors (Lipinski definition) is 5. The van der Waals surface area contributed by atoms with Crippen LogP contribution in [-0.2, 0) is 5.75 Å². The second-order valence-corrected chi connectivity index (χ2v) is 8.79. The number of amides is 1. The molecule has 6 nitrogen and oxygen atoms in total. The van der Waals surface area contributed by atoms with E-state index in [2.05, 4.69) is 21.2 Å². The van der Waals surface area contributed by atoms with Crippen LogP contribution >= 0.6 is 23.4 Å². The summed E-state index contributed by atoms with van der Waals surface area (Å²) in [6, 6.07) is 11.4. The third kappa shape index (κ3) is 4.83. The molecule has 0 spiro atoms. The van der Waals surface area contributed by atoms with Gasteiger partial charge >= 0.3 is 0 Å². The molecule has 160 valence electrons. The van der Waals surface area contributed by atoms with Crippen LogP contribution in [0.2, 0.25) is 5.02 Å². The van der Waals surface area contributed by atoms with E-state index in [1.165, 1.54) is 5.56 Å². The van der Waals surface area contributed by atoms with Crippen molar-refractivity contribution in [2.24, 2.45) is 0 Å². The van der Waals surface area contributed by atoms with E-state index in [0.717, 1.165) is 11.3 Å². The largest absolute Gasteiger partial charge is 0.339 e. The summed E-state index contributed by atoms with van der Waals surface area (Å²) in [7, 11) is 0. The first-order valence-electron chi connectivity index (χ1n) is 10.1. The summed E-state index contributed by atoms with van der Waals surface area (Å²) in [5, 5.41) is 0.131. The topological polar surface area (TPSA) is 79.0 Å². The van der Waals surface area contributed by atoms with Gasteiger partial charge in [-0.2, -0.15) is 11.8 Å². The number of nitrogens with zero attached hydrogens (tertiary/aromatic N) is 3. The molecule has 0 aliphatic carbocycles. The van der Waals surface area contributed by atoms with Crippen LogP contribution in [0.3, 0.4) is 0 Å². The number of carbonyl (C=O) groups is 1. The quantitative estimate of drug-likeness (QED) is 0.619. The smallest absolute Gasteiger partial charge is 0.270 e. The van der Waals surface area contributed by atoms with Gasteiger partial charge in [0.05, 0.1) is 5.69 Å². The van der Waals surface area contributed by atoms with Crippen molar-refractivity contribution in [2.45, 2.75) is 24.5 Å². The molecule has 1 aliphatic rings. The first kappa shape index (κ1) is 21.6. The van der Waals surface area contributed by atoms with E-state index in [-0.39, 0.29) is 22.4 Å². The molecule has 4 rings (SSSR count). The van der Waals surface area contributed by atoms with Crippen LogP contribution < -0.4 is 5.56 Å². The highest BCUT2D eigenvalue weighted by Gasteiger charge is 2.28. The van der Waals surface area contributed by atoms with Crippen LogP contribution in [-0.4, -0.2) is 45.1 Å². The average Bonchev–Trinajstić information content (AvgIpc) is 2.82. The maximum Gasteiger partial charge on any atom is 0.270 e. The number of aromatic nitrogens is 3. The van der Waals surface area contributed by atoms with Crippen molar-refractivity contribution in [2.75, 3.05) is 19.3 Å². The maximum absolute atomic E-state index is 12.9. The van der Waals surface area contributed by atoms with Crippen molar-refractivity contribution in [1.29, 1.82) is 0 Å². The average molecular weight is 455 g/mol. The number of hydrogen-bond donors (Lipinski definition) is 1. The fraction of sp³-hybridized carbons (Fsp3) is 0.304. The molecular formula is C23H23ClN4O2S. The molecule has 0 unspecified atom stereocenters. The van der Waals surface area contributed by atoms with E-state index < -0.39 is 0 Å².